The van der Waals surface area contributed by atoms with Crippen LogP contribution in [0.25, 0.3) is 22.3 Å². The zero-order chi connectivity index (χ0) is 57.5. The molecule has 416 valence electrons. The Morgan fingerprint density at radius 2 is 1.08 bits per heavy atom. The van der Waals surface area contributed by atoms with E-state index in [1.54, 1.807) is 55.5 Å². The van der Waals surface area contributed by atoms with Gasteiger partial charge in [-0.3, -0.25) is 9.59 Å². The summed E-state index contributed by atoms with van der Waals surface area (Å²) in [6.07, 6.45) is -1.51. The van der Waals surface area contributed by atoms with E-state index in [-0.39, 0.29) is 61.1 Å². The van der Waals surface area contributed by atoms with Crippen molar-refractivity contribution in [1.82, 2.24) is 40.9 Å². The maximum Gasteiger partial charge on any atom is 0.519 e. The van der Waals surface area contributed by atoms with E-state index in [1.165, 1.54) is 49.5 Å². The summed E-state index contributed by atoms with van der Waals surface area (Å²) in [5, 5.41) is 67.1. The van der Waals surface area contributed by atoms with Gasteiger partial charge in [0.1, 0.15) is 23.6 Å². The van der Waals surface area contributed by atoms with Crippen LogP contribution in [0.15, 0.2) is 125 Å². The Balaban J connectivity index is 0.000000224. The van der Waals surface area contributed by atoms with Gasteiger partial charge in [0, 0.05) is 46.1 Å². The lowest BCUT2D eigenvalue weighted by Crippen LogP contribution is -2.40. The molecule has 8 rings (SSSR count). The average molecular weight is 1160 g/mol. The van der Waals surface area contributed by atoms with Crippen LogP contribution in [-0.2, 0) is 34.9 Å². The fourth-order valence-corrected chi connectivity index (χ4v) is 7.78. The zero-order valence-corrected chi connectivity index (χ0v) is 43.4. The number of aliphatic hydroxyl groups excluding tert-OH is 2. The summed E-state index contributed by atoms with van der Waals surface area (Å²) >= 11 is 17.3. The van der Waals surface area contributed by atoms with Gasteiger partial charge in [0.05, 0.1) is 12.1 Å². The number of carboxylic acids is 2. The molecule has 29 heteroatoms. The van der Waals surface area contributed by atoms with Gasteiger partial charge in [-0.2, -0.15) is 0 Å². The Labute approximate surface area is 458 Å². The molecule has 4 atom stereocenters. The van der Waals surface area contributed by atoms with Gasteiger partial charge in [-0.15, -0.1) is 21.8 Å². The van der Waals surface area contributed by atoms with E-state index in [1.807, 2.05) is 0 Å². The number of aryl methyl sites for hydroxylation is 2. The highest BCUT2D eigenvalue weighted by molar-refractivity contribution is 6.31. The molecule has 0 fully saturated rings. The minimum absolute atomic E-state index is 0.133. The third-order valence-corrected chi connectivity index (χ3v) is 11.9. The van der Waals surface area contributed by atoms with E-state index in [0.29, 0.717) is 59.8 Å². The first kappa shape index (κ1) is 59.6. The molecule has 4 aromatic heterocycles. The fraction of sp³-hybridized carbons (Fsp3) is 0.240. The molecule has 0 aliphatic rings. The molecule has 4 heterocycles. The molecule has 0 aliphatic carbocycles. The SMILES string of the molecule is Cc1oc(=O)oc1CCl.Cc1oc(=O)oc1COn1cc(C(=O)N[C@H](Cc2ccc(-c3cc(Cl)ccc3F)cc2)C[C@@H](O)C(=O)O)nn1.O=C(N[C@H](Cc1ccc(-c2cc(Cl)ccc2F)cc1)C[C@@H](O)C(=O)O)c1cn(O)nn1. The van der Waals surface area contributed by atoms with E-state index >= 15 is 0 Å². The van der Waals surface area contributed by atoms with Crippen LogP contribution in [0, 0.1) is 25.5 Å². The second-order valence-corrected chi connectivity index (χ2v) is 18.0. The second-order valence-electron chi connectivity index (χ2n) is 16.9. The van der Waals surface area contributed by atoms with Crippen molar-refractivity contribution in [3.8, 4) is 22.3 Å². The second kappa shape index (κ2) is 27.6. The third-order valence-electron chi connectivity index (χ3n) is 11.1. The van der Waals surface area contributed by atoms with E-state index in [2.05, 4.69) is 40.1 Å². The quantitative estimate of drug-likeness (QED) is 0.0348. The molecule has 24 nitrogen and oxygen atoms in total. The van der Waals surface area contributed by atoms with Crippen molar-refractivity contribution in [2.24, 2.45) is 0 Å². The van der Waals surface area contributed by atoms with E-state index in [4.69, 9.17) is 63.9 Å². The molecule has 0 aliphatic heterocycles. The van der Waals surface area contributed by atoms with Crippen LogP contribution >= 0.6 is 34.8 Å². The van der Waals surface area contributed by atoms with Crippen LogP contribution in [0.2, 0.25) is 10.0 Å². The van der Waals surface area contributed by atoms with Gasteiger partial charge < -0.3 is 58.8 Å². The first-order valence-corrected chi connectivity index (χ1v) is 24.3. The summed E-state index contributed by atoms with van der Waals surface area (Å²) in [6.45, 7) is 2.92. The summed E-state index contributed by atoms with van der Waals surface area (Å²) in [4.78, 5) is 75.3. The Bertz CT molecular complexity index is 3510. The molecular weight excluding hydrogens is 1110 g/mol. The minimum Gasteiger partial charge on any atom is -0.479 e. The van der Waals surface area contributed by atoms with Crippen LogP contribution < -0.4 is 27.1 Å². The first-order valence-electron chi connectivity index (χ1n) is 23.0. The third kappa shape index (κ3) is 17.4. The van der Waals surface area contributed by atoms with Crippen LogP contribution in [0.3, 0.4) is 0 Å². The highest BCUT2D eigenvalue weighted by atomic mass is 35.5. The van der Waals surface area contributed by atoms with Gasteiger partial charge in [0.15, 0.2) is 47.5 Å². The molecule has 7 N–H and O–H groups in total. The van der Waals surface area contributed by atoms with Gasteiger partial charge in [-0.25, -0.2) is 28.0 Å². The Morgan fingerprint density at radius 1 is 0.646 bits per heavy atom. The Morgan fingerprint density at radius 3 is 1.46 bits per heavy atom. The van der Waals surface area contributed by atoms with Gasteiger partial charge >= 0.3 is 23.6 Å². The molecule has 0 unspecified atom stereocenters. The fourth-order valence-electron chi connectivity index (χ4n) is 7.20. The van der Waals surface area contributed by atoms with E-state index in [9.17, 15) is 47.8 Å². The van der Waals surface area contributed by atoms with Gasteiger partial charge in [-0.1, -0.05) is 81.4 Å². The molecule has 0 radical (unpaired) electrons. The lowest BCUT2D eigenvalue weighted by Gasteiger charge is -2.20. The summed E-state index contributed by atoms with van der Waals surface area (Å²) in [5.41, 5.74) is 2.88. The topological polar surface area (TPSA) is 351 Å². The van der Waals surface area contributed by atoms with Crippen LogP contribution in [-0.4, -0.2) is 104 Å². The summed E-state index contributed by atoms with van der Waals surface area (Å²) in [6, 6.07) is 20.3. The normalized spacial score (nSPS) is 12.4. The molecule has 4 aromatic carbocycles. The predicted molar refractivity (Wildman–Crippen MR) is 271 cm³/mol. The number of benzene rings is 4. The highest BCUT2D eigenvalue weighted by Crippen LogP contribution is 2.28. The smallest absolute Gasteiger partial charge is 0.479 e. The standard InChI is InChI=1S/C25H22ClFN4O8.C20H18ClFN4O5.C5H5ClO3/c1-13-22(39-25(36)38-13)12-37-31-11-20(29-30-31)23(33)28-17(10-21(32)24(34)35)8-14-2-4-15(5-3-14)18-9-16(26)6-7-19(18)27;21-13-5-6-16(22)15(8-13)12-3-1-11(2-4-12)7-14(9-18(27)20(29)30)23-19(28)17-10-26(31)25-24-17;1-3-4(2-6)9-5(7)8-3/h2-7,9,11,17,21,32H,8,10,12H2,1H3,(H,28,33)(H,34,35);1-6,8,10,14,18,27,31H,7,9H2,(H,23,28)(H,29,30);2H2,1H3/t17-,21-;14-,18-;/m11./s1. The molecule has 0 spiro atoms. The molecule has 0 saturated heterocycles. The van der Waals surface area contributed by atoms with Gasteiger partial charge in [-0.05, 0) is 95.8 Å². The maximum absolute atomic E-state index is 14.2. The average Bonchev–Trinajstić information content (AvgIpc) is 4.23. The number of amides is 2. The largest absolute Gasteiger partial charge is 0.519 e. The van der Waals surface area contributed by atoms with E-state index in [0.717, 1.165) is 11.0 Å². The summed E-state index contributed by atoms with van der Waals surface area (Å²) in [7, 11) is 0. The van der Waals surface area contributed by atoms with Crippen molar-refractivity contribution in [3.63, 3.8) is 0 Å². The van der Waals surface area contributed by atoms with Crippen LogP contribution in [0.1, 0.15) is 68.0 Å². The number of nitrogens with one attached hydrogen (secondary N) is 2. The molecule has 2 amide bonds. The number of aliphatic hydroxyl groups is 2. The van der Waals surface area contributed by atoms with Crippen molar-refractivity contribution in [2.45, 2.75) is 76.3 Å². The number of carboxylic acid groups (broad SMARTS) is 2. The molecular formula is C50H45Cl3F2N8O16. The molecule has 0 bridgehead atoms. The number of rotatable bonds is 20. The molecule has 79 heavy (non-hydrogen) atoms. The predicted octanol–water partition coefficient (Wildman–Crippen LogP) is 5.83. The number of aromatic nitrogens is 6. The Kier molecular flexibility index (Phi) is 20.8. The maximum atomic E-state index is 14.2. The first-order chi connectivity index (χ1) is 37.5. The van der Waals surface area contributed by atoms with Crippen molar-refractivity contribution in [2.75, 3.05) is 0 Å². The van der Waals surface area contributed by atoms with Crippen molar-refractivity contribution in [3.05, 3.63) is 186 Å². The Hall–Kier alpha value is -8.69. The summed E-state index contributed by atoms with van der Waals surface area (Å²) < 4.78 is 46.8. The van der Waals surface area contributed by atoms with Crippen LogP contribution in [0.4, 0.5) is 8.78 Å². The van der Waals surface area contributed by atoms with Crippen molar-refractivity contribution >= 4 is 58.6 Å². The molecule has 0 saturated carbocycles. The van der Waals surface area contributed by atoms with E-state index < -0.39 is 71.3 Å². The number of halogens is 5. The number of alkyl halides is 1. The van der Waals surface area contributed by atoms with Crippen LogP contribution in [0.5, 0.6) is 0 Å². The van der Waals surface area contributed by atoms with Crippen molar-refractivity contribution < 1.29 is 76.1 Å². The number of hydrogen-bond acceptors (Lipinski definition) is 18. The monoisotopic (exact) mass is 1160 g/mol. The zero-order valence-electron chi connectivity index (χ0n) is 41.1. The number of nitrogens with zero attached hydrogens (tertiary/aromatic N) is 6. The number of hydrogen-bond donors (Lipinski definition) is 7. The van der Waals surface area contributed by atoms with Gasteiger partial charge in [0.2, 0.25) is 0 Å². The lowest BCUT2D eigenvalue weighted by atomic mass is 9.97. The number of carbonyl (C=O) groups excluding carboxylic acids is 2. The highest BCUT2D eigenvalue weighted by Gasteiger charge is 2.26. The van der Waals surface area contributed by atoms with Crippen molar-refractivity contribution in [1.29, 1.82) is 0 Å². The summed E-state index contributed by atoms with van der Waals surface area (Å²) in [5.74, 6) is -5.31. The minimum atomic E-state index is -1.73. The number of aliphatic carboxylic acids is 2. The lowest BCUT2D eigenvalue weighted by molar-refractivity contribution is -0.148. The number of carbonyl (C=O) groups is 4. The molecule has 8 aromatic rings. The van der Waals surface area contributed by atoms with Gasteiger partial charge in [0.25, 0.3) is 11.8 Å².